The fourth-order valence-electron chi connectivity index (χ4n) is 2.49. The van der Waals surface area contributed by atoms with Crippen molar-refractivity contribution in [3.05, 3.63) is 11.6 Å². The third-order valence-electron chi connectivity index (χ3n) is 2.89. The largest absolute Gasteiger partial charge is 0.297 e. The Labute approximate surface area is 67.4 Å². The van der Waals surface area contributed by atoms with Crippen LogP contribution in [0.25, 0.3) is 0 Å². The molecule has 2 heteroatoms. The Kier molecular flexibility index (Phi) is 1.55. The molecule has 2 unspecified atom stereocenters. The summed E-state index contributed by atoms with van der Waals surface area (Å²) in [5, 5.41) is 0. The molecule has 2 atom stereocenters. The fraction of sp³-hybridized carbons (Fsp3) is 0.778. The van der Waals surface area contributed by atoms with Gasteiger partial charge in [-0.2, -0.15) is 0 Å². The Morgan fingerprint density at radius 3 is 3.27 bits per heavy atom. The first-order valence-electron chi connectivity index (χ1n) is 4.30. The second-order valence-corrected chi connectivity index (χ2v) is 4.06. The lowest BCUT2D eigenvalue weighted by Crippen LogP contribution is -2.37. The smallest absolute Gasteiger partial charge is 0.0967 e. The maximum absolute atomic E-state index is 5.30. The molecule has 0 heterocycles. The lowest BCUT2D eigenvalue weighted by molar-refractivity contribution is -0.0617. The monoisotopic (exact) mass is 153 g/mol. The molecule has 0 aromatic rings. The van der Waals surface area contributed by atoms with Crippen molar-refractivity contribution in [1.29, 1.82) is 0 Å². The lowest BCUT2D eigenvalue weighted by atomic mass is 9.80. The number of hydrogen-bond donors (Lipinski definition) is 1. The average molecular weight is 153 g/mol. The normalized spacial score (nSPS) is 42.4. The minimum Gasteiger partial charge on any atom is -0.297 e. The molecule has 2 nitrogen and oxygen atoms in total. The molecule has 0 aliphatic heterocycles. The van der Waals surface area contributed by atoms with Crippen molar-refractivity contribution in [2.45, 2.75) is 38.2 Å². The lowest BCUT2D eigenvalue weighted by Gasteiger charge is -2.33. The first-order chi connectivity index (χ1) is 5.24. The number of rotatable bonds is 1. The Bertz CT molecular complexity index is 200. The van der Waals surface area contributed by atoms with Gasteiger partial charge in [-0.25, -0.2) is 5.90 Å². The van der Waals surface area contributed by atoms with E-state index in [-0.39, 0.29) is 5.60 Å². The predicted molar refractivity (Wildman–Crippen MR) is 43.7 cm³/mol. The topological polar surface area (TPSA) is 35.2 Å². The molecule has 0 spiro atoms. The van der Waals surface area contributed by atoms with E-state index in [1.165, 1.54) is 6.42 Å². The van der Waals surface area contributed by atoms with Gasteiger partial charge in [0.1, 0.15) is 0 Å². The molecule has 11 heavy (non-hydrogen) atoms. The number of hydrogen-bond acceptors (Lipinski definition) is 2. The summed E-state index contributed by atoms with van der Waals surface area (Å²) in [5.41, 5.74) is 1.54. The highest BCUT2D eigenvalue weighted by atomic mass is 16.6. The number of nitrogens with two attached hydrogens (primary N) is 1. The third kappa shape index (κ3) is 1.10. The van der Waals surface area contributed by atoms with Crippen LogP contribution in [0.5, 0.6) is 0 Å². The van der Waals surface area contributed by atoms with E-state index < -0.39 is 0 Å². The van der Waals surface area contributed by atoms with Crippen molar-refractivity contribution >= 4 is 0 Å². The summed E-state index contributed by atoms with van der Waals surface area (Å²) in [7, 11) is 0. The second kappa shape index (κ2) is 2.32. The first-order valence-corrected chi connectivity index (χ1v) is 4.30. The SMILES string of the molecule is CC1CC2=CCC(ON)(C2)C1. The molecular formula is C9H15NO. The molecule has 2 bridgehead atoms. The van der Waals surface area contributed by atoms with E-state index in [0.29, 0.717) is 0 Å². The van der Waals surface area contributed by atoms with Crippen molar-refractivity contribution in [2.75, 3.05) is 0 Å². The molecule has 0 aromatic carbocycles. The molecule has 2 rings (SSSR count). The maximum Gasteiger partial charge on any atom is 0.0967 e. The van der Waals surface area contributed by atoms with Crippen LogP contribution in [0.4, 0.5) is 0 Å². The third-order valence-corrected chi connectivity index (χ3v) is 2.89. The van der Waals surface area contributed by atoms with Crippen LogP contribution < -0.4 is 5.90 Å². The molecule has 1 saturated carbocycles. The van der Waals surface area contributed by atoms with Crippen LogP contribution in [-0.2, 0) is 4.84 Å². The highest BCUT2D eigenvalue weighted by molar-refractivity contribution is 5.20. The van der Waals surface area contributed by atoms with Gasteiger partial charge >= 0.3 is 0 Å². The summed E-state index contributed by atoms with van der Waals surface area (Å²) < 4.78 is 0. The van der Waals surface area contributed by atoms with E-state index in [2.05, 4.69) is 13.0 Å². The zero-order chi connectivity index (χ0) is 7.90. The summed E-state index contributed by atoms with van der Waals surface area (Å²) in [6.45, 7) is 2.27. The standard InChI is InChI=1S/C9H15NO/c1-7-4-8-2-3-9(5-7,6-8)11-10/h2,7H,3-6,10H2,1H3. The summed E-state index contributed by atoms with van der Waals surface area (Å²) in [4.78, 5) is 5.09. The van der Waals surface area contributed by atoms with Crippen LogP contribution in [-0.4, -0.2) is 5.60 Å². The molecule has 0 amide bonds. The van der Waals surface area contributed by atoms with E-state index >= 15 is 0 Å². The van der Waals surface area contributed by atoms with Gasteiger partial charge in [-0.3, -0.25) is 4.84 Å². The molecule has 0 aromatic heterocycles. The van der Waals surface area contributed by atoms with Gasteiger partial charge in [0.25, 0.3) is 0 Å². The minimum atomic E-state index is -0.00694. The van der Waals surface area contributed by atoms with E-state index in [1.807, 2.05) is 0 Å². The van der Waals surface area contributed by atoms with Gasteiger partial charge in [0.2, 0.25) is 0 Å². The highest BCUT2D eigenvalue weighted by Crippen LogP contribution is 2.44. The van der Waals surface area contributed by atoms with Gasteiger partial charge in [-0.15, -0.1) is 0 Å². The molecule has 2 N–H and O–H groups in total. The van der Waals surface area contributed by atoms with Crippen LogP contribution in [0.3, 0.4) is 0 Å². The minimum absolute atomic E-state index is 0.00694. The van der Waals surface area contributed by atoms with E-state index in [4.69, 9.17) is 10.7 Å². The zero-order valence-corrected chi connectivity index (χ0v) is 6.97. The van der Waals surface area contributed by atoms with Gasteiger partial charge < -0.3 is 0 Å². The number of fused-ring (bicyclic) bond motifs is 2. The van der Waals surface area contributed by atoms with Crippen LogP contribution >= 0.6 is 0 Å². The molecule has 2 aliphatic carbocycles. The molecule has 62 valence electrons. The van der Waals surface area contributed by atoms with Gasteiger partial charge in [-0.1, -0.05) is 18.6 Å². The Morgan fingerprint density at radius 2 is 2.55 bits per heavy atom. The maximum atomic E-state index is 5.30. The molecule has 2 aliphatic rings. The Hall–Kier alpha value is -0.340. The summed E-state index contributed by atoms with van der Waals surface area (Å²) in [5.74, 6) is 6.06. The van der Waals surface area contributed by atoms with Crippen molar-refractivity contribution in [3.8, 4) is 0 Å². The van der Waals surface area contributed by atoms with Crippen molar-refractivity contribution < 1.29 is 4.84 Å². The zero-order valence-electron chi connectivity index (χ0n) is 6.97. The van der Waals surface area contributed by atoms with Crippen LogP contribution in [0.2, 0.25) is 0 Å². The van der Waals surface area contributed by atoms with E-state index in [9.17, 15) is 0 Å². The van der Waals surface area contributed by atoms with Gasteiger partial charge in [0.05, 0.1) is 5.60 Å². The Morgan fingerprint density at radius 1 is 1.73 bits per heavy atom. The molecular weight excluding hydrogens is 138 g/mol. The van der Waals surface area contributed by atoms with Crippen molar-refractivity contribution in [2.24, 2.45) is 11.8 Å². The highest BCUT2D eigenvalue weighted by Gasteiger charge is 2.40. The average Bonchev–Trinajstić information content (AvgIpc) is 2.28. The first kappa shape index (κ1) is 7.32. The van der Waals surface area contributed by atoms with Gasteiger partial charge in [0.15, 0.2) is 0 Å². The van der Waals surface area contributed by atoms with Crippen LogP contribution in [0.1, 0.15) is 32.6 Å². The quantitative estimate of drug-likeness (QED) is 0.460. The summed E-state index contributed by atoms with van der Waals surface area (Å²) in [6.07, 6.45) is 6.79. The fourth-order valence-corrected chi connectivity index (χ4v) is 2.49. The van der Waals surface area contributed by atoms with Crippen molar-refractivity contribution in [3.63, 3.8) is 0 Å². The van der Waals surface area contributed by atoms with Gasteiger partial charge in [0, 0.05) is 0 Å². The van der Waals surface area contributed by atoms with Crippen molar-refractivity contribution in [1.82, 2.24) is 0 Å². The Balaban J connectivity index is 2.17. The van der Waals surface area contributed by atoms with E-state index in [1.54, 1.807) is 5.57 Å². The van der Waals surface area contributed by atoms with E-state index in [0.717, 1.165) is 25.2 Å². The summed E-state index contributed by atoms with van der Waals surface area (Å²) >= 11 is 0. The summed E-state index contributed by atoms with van der Waals surface area (Å²) in [6, 6.07) is 0. The van der Waals surface area contributed by atoms with Gasteiger partial charge in [-0.05, 0) is 31.6 Å². The second-order valence-electron chi connectivity index (χ2n) is 4.06. The predicted octanol–water partition coefficient (Wildman–Crippen LogP) is 1.77. The van der Waals surface area contributed by atoms with Crippen LogP contribution in [0, 0.1) is 5.92 Å². The molecule has 0 saturated heterocycles. The molecule has 0 radical (unpaired) electrons. The van der Waals surface area contributed by atoms with Crippen LogP contribution in [0.15, 0.2) is 11.6 Å². The molecule has 1 fully saturated rings.